The third-order valence-electron chi connectivity index (χ3n) is 6.84. The highest BCUT2D eigenvalue weighted by Crippen LogP contribution is 2.59. The summed E-state index contributed by atoms with van der Waals surface area (Å²) in [5, 5.41) is 0. The number of rotatable bonds is 7. The van der Waals surface area contributed by atoms with E-state index in [0.717, 1.165) is 20.1 Å². The summed E-state index contributed by atoms with van der Waals surface area (Å²) < 4.78 is 86.6. The standard InChI is InChI=1S/C24H29F5N2O4/c1-12-18(14-7-8-15(25)19(26)21(14)34-6)22(35-23(12,3)24(27,28)29)16-11-17(32)20(13(2)30-16)31(4)9-10-33-5/h7-8,11-12,18,22H,9-10H2,1-6H3,(H,30,32)/t12-,18-,22-,23+/m0/s1. The maximum atomic E-state index is 14.5. The Hall–Kier alpha value is -2.66. The van der Waals surface area contributed by atoms with Crippen LogP contribution < -0.4 is 15.1 Å². The number of likely N-dealkylation sites (N-methyl/N-ethyl adjacent to an activating group) is 1. The number of aryl methyl sites for hydroxylation is 1. The Morgan fingerprint density at radius 2 is 1.89 bits per heavy atom. The minimum atomic E-state index is -4.78. The molecule has 4 atom stereocenters. The number of hydrogen-bond donors (Lipinski definition) is 1. The van der Waals surface area contributed by atoms with Crippen molar-refractivity contribution >= 4 is 5.69 Å². The summed E-state index contributed by atoms with van der Waals surface area (Å²) in [5.74, 6) is -5.36. The fraction of sp³-hybridized carbons (Fsp3) is 0.542. The number of H-pyrrole nitrogens is 1. The Bertz CT molecular complexity index is 1140. The van der Waals surface area contributed by atoms with E-state index in [1.807, 2.05) is 0 Å². The summed E-state index contributed by atoms with van der Waals surface area (Å²) in [6, 6.07) is 3.21. The van der Waals surface area contributed by atoms with Crippen molar-refractivity contribution < 1.29 is 36.2 Å². The lowest BCUT2D eigenvalue weighted by Crippen LogP contribution is -2.46. The van der Waals surface area contributed by atoms with Crippen LogP contribution in [0.15, 0.2) is 23.0 Å². The summed E-state index contributed by atoms with van der Waals surface area (Å²) in [7, 11) is 4.33. The average molecular weight is 504 g/mol. The van der Waals surface area contributed by atoms with Crippen molar-refractivity contribution in [1.29, 1.82) is 0 Å². The van der Waals surface area contributed by atoms with Crippen LogP contribution in [-0.2, 0) is 9.47 Å². The van der Waals surface area contributed by atoms with Crippen molar-refractivity contribution in [2.24, 2.45) is 5.92 Å². The van der Waals surface area contributed by atoms with Crippen LogP contribution in [0, 0.1) is 24.5 Å². The molecule has 0 bridgehead atoms. The maximum absolute atomic E-state index is 14.5. The first kappa shape index (κ1) is 26.9. The first-order chi connectivity index (χ1) is 16.3. The van der Waals surface area contributed by atoms with Crippen LogP contribution in [0.2, 0.25) is 0 Å². The van der Waals surface area contributed by atoms with Gasteiger partial charge in [0, 0.05) is 55.6 Å². The molecule has 1 aromatic heterocycles. The molecule has 35 heavy (non-hydrogen) atoms. The smallest absolute Gasteiger partial charge is 0.417 e. The molecular weight excluding hydrogens is 475 g/mol. The molecule has 1 saturated heterocycles. The number of ether oxygens (including phenoxy) is 3. The molecule has 0 spiro atoms. The predicted octanol–water partition coefficient (Wildman–Crippen LogP) is 4.86. The topological polar surface area (TPSA) is 63.8 Å². The second-order valence-electron chi connectivity index (χ2n) is 8.92. The van der Waals surface area contributed by atoms with E-state index in [2.05, 4.69) is 4.98 Å². The second-order valence-corrected chi connectivity index (χ2v) is 8.92. The van der Waals surface area contributed by atoms with Crippen molar-refractivity contribution in [3.05, 3.63) is 57.0 Å². The molecule has 3 rings (SSSR count). The number of hydrogen-bond acceptors (Lipinski definition) is 5. The molecule has 0 aliphatic carbocycles. The predicted molar refractivity (Wildman–Crippen MR) is 120 cm³/mol. The monoisotopic (exact) mass is 504 g/mol. The summed E-state index contributed by atoms with van der Waals surface area (Å²) in [6.07, 6.45) is -6.10. The average Bonchev–Trinajstić information content (AvgIpc) is 3.05. The normalized spacial score (nSPS) is 24.6. The van der Waals surface area contributed by atoms with Gasteiger partial charge < -0.3 is 24.1 Å². The summed E-state index contributed by atoms with van der Waals surface area (Å²) >= 11 is 0. The first-order valence-corrected chi connectivity index (χ1v) is 11.0. The Balaban J connectivity index is 2.19. The zero-order valence-electron chi connectivity index (χ0n) is 20.3. The fourth-order valence-electron chi connectivity index (χ4n) is 4.75. The van der Waals surface area contributed by atoms with E-state index >= 15 is 0 Å². The van der Waals surface area contributed by atoms with Crippen LogP contribution in [-0.4, -0.2) is 51.2 Å². The van der Waals surface area contributed by atoms with Gasteiger partial charge in [-0.3, -0.25) is 4.79 Å². The van der Waals surface area contributed by atoms with Gasteiger partial charge in [0.15, 0.2) is 17.2 Å². The number of alkyl halides is 3. The van der Waals surface area contributed by atoms with Crippen molar-refractivity contribution in [3.63, 3.8) is 0 Å². The molecule has 0 radical (unpaired) electrons. The van der Waals surface area contributed by atoms with Gasteiger partial charge in [0.25, 0.3) is 0 Å². The van der Waals surface area contributed by atoms with Gasteiger partial charge >= 0.3 is 6.18 Å². The van der Waals surface area contributed by atoms with E-state index in [1.165, 1.54) is 26.2 Å². The molecule has 1 aliphatic heterocycles. The number of aromatic nitrogens is 1. The van der Waals surface area contributed by atoms with Gasteiger partial charge in [-0.1, -0.05) is 13.0 Å². The highest BCUT2D eigenvalue weighted by atomic mass is 19.4. The molecule has 11 heteroatoms. The van der Waals surface area contributed by atoms with Crippen molar-refractivity contribution in [2.45, 2.75) is 44.6 Å². The molecule has 2 aromatic rings. The SMILES string of the molecule is COCCN(C)c1c(C)[nH]c([C@@H]2O[C@@](C)(C(F)(F)F)[C@@H](C)[C@H]2c2ccc(F)c(F)c2OC)cc1=O. The number of pyridine rings is 1. The molecule has 1 N–H and O–H groups in total. The molecule has 2 heterocycles. The number of methoxy groups -OCH3 is 2. The lowest BCUT2D eigenvalue weighted by Gasteiger charge is -2.32. The van der Waals surface area contributed by atoms with Crippen LogP contribution in [0.25, 0.3) is 0 Å². The molecule has 1 fully saturated rings. The number of aromatic amines is 1. The van der Waals surface area contributed by atoms with Gasteiger partial charge in [0.1, 0.15) is 11.8 Å². The molecule has 194 valence electrons. The van der Waals surface area contributed by atoms with E-state index in [1.54, 1.807) is 18.9 Å². The van der Waals surface area contributed by atoms with Crippen LogP contribution in [0.4, 0.5) is 27.6 Å². The highest BCUT2D eigenvalue weighted by molar-refractivity contribution is 5.51. The minimum absolute atomic E-state index is 0.0108. The number of anilines is 1. The quantitative estimate of drug-likeness (QED) is 0.546. The van der Waals surface area contributed by atoms with Gasteiger partial charge in [-0.15, -0.1) is 0 Å². The first-order valence-electron chi connectivity index (χ1n) is 11.0. The summed E-state index contributed by atoms with van der Waals surface area (Å²) in [5.41, 5.74) is -2.21. The van der Waals surface area contributed by atoms with Gasteiger partial charge in [-0.05, 0) is 19.9 Å². The Labute approximate surface area is 200 Å². The maximum Gasteiger partial charge on any atom is 0.417 e. The van der Waals surface area contributed by atoms with E-state index in [9.17, 15) is 26.7 Å². The molecule has 0 unspecified atom stereocenters. The minimum Gasteiger partial charge on any atom is -0.493 e. The van der Waals surface area contributed by atoms with E-state index in [4.69, 9.17) is 14.2 Å². The molecule has 1 aromatic carbocycles. The zero-order valence-corrected chi connectivity index (χ0v) is 20.3. The van der Waals surface area contributed by atoms with Gasteiger partial charge in [-0.25, -0.2) is 4.39 Å². The third-order valence-corrected chi connectivity index (χ3v) is 6.84. The number of nitrogens with zero attached hydrogens (tertiary/aromatic N) is 1. The van der Waals surface area contributed by atoms with Crippen LogP contribution >= 0.6 is 0 Å². The Kier molecular flexibility index (Phi) is 7.52. The van der Waals surface area contributed by atoms with Crippen LogP contribution in [0.5, 0.6) is 5.75 Å². The van der Waals surface area contributed by atoms with Crippen molar-refractivity contribution in [3.8, 4) is 5.75 Å². The van der Waals surface area contributed by atoms with Gasteiger partial charge in [0.05, 0.1) is 13.7 Å². The molecule has 1 aliphatic rings. The van der Waals surface area contributed by atoms with E-state index < -0.39 is 52.5 Å². The summed E-state index contributed by atoms with van der Waals surface area (Å²) in [6.45, 7) is 4.64. The van der Waals surface area contributed by atoms with Crippen LogP contribution in [0.1, 0.15) is 42.8 Å². The lowest BCUT2D eigenvalue weighted by atomic mass is 9.76. The van der Waals surface area contributed by atoms with Gasteiger partial charge in [0.2, 0.25) is 11.2 Å². The zero-order chi connectivity index (χ0) is 26.3. The fourth-order valence-corrected chi connectivity index (χ4v) is 4.75. The highest BCUT2D eigenvalue weighted by Gasteiger charge is 2.65. The largest absolute Gasteiger partial charge is 0.493 e. The lowest BCUT2D eigenvalue weighted by molar-refractivity contribution is -0.275. The Morgan fingerprint density at radius 1 is 1.23 bits per heavy atom. The molecule has 0 amide bonds. The van der Waals surface area contributed by atoms with Crippen molar-refractivity contribution in [2.75, 3.05) is 39.3 Å². The molecular formula is C24H29F5N2O4. The molecule has 6 nitrogen and oxygen atoms in total. The van der Waals surface area contributed by atoms with E-state index in [-0.39, 0.29) is 11.3 Å². The van der Waals surface area contributed by atoms with Crippen LogP contribution in [0.3, 0.4) is 0 Å². The number of benzene rings is 1. The van der Waals surface area contributed by atoms with E-state index in [0.29, 0.717) is 24.5 Å². The van der Waals surface area contributed by atoms with Gasteiger partial charge in [-0.2, -0.15) is 17.6 Å². The summed E-state index contributed by atoms with van der Waals surface area (Å²) in [4.78, 5) is 17.7. The second kappa shape index (κ2) is 9.77. The Morgan fingerprint density at radius 3 is 2.43 bits per heavy atom. The number of nitrogens with one attached hydrogen (secondary N) is 1. The number of halogens is 5. The molecule has 0 saturated carbocycles. The third kappa shape index (κ3) is 4.63. The van der Waals surface area contributed by atoms with Crippen molar-refractivity contribution in [1.82, 2.24) is 4.98 Å².